The molecule has 1 fully saturated rings. The van der Waals surface area contributed by atoms with Gasteiger partial charge in [-0.25, -0.2) is 9.78 Å². The van der Waals surface area contributed by atoms with Crippen LogP contribution in [0.2, 0.25) is 0 Å². The fraction of sp³-hybridized carbons (Fsp3) is 0.438. The summed E-state index contributed by atoms with van der Waals surface area (Å²) < 4.78 is 5.35. The normalized spacial score (nSPS) is 14.5. The third-order valence-electron chi connectivity index (χ3n) is 3.91. The molecule has 3 N–H and O–H groups in total. The quantitative estimate of drug-likeness (QED) is 0.768. The number of hydrogen-bond donors (Lipinski definition) is 3. The number of anilines is 2. The predicted molar refractivity (Wildman–Crippen MR) is 91.3 cm³/mol. The molecule has 2 aromatic rings. The molecule has 24 heavy (non-hydrogen) atoms. The van der Waals surface area contributed by atoms with Crippen molar-refractivity contribution in [3.8, 4) is 0 Å². The molecule has 128 valence electrons. The Morgan fingerprint density at radius 1 is 1.38 bits per heavy atom. The second kappa shape index (κ2) is 7.78. The molecule has 0 aliphatic carbocycles. The van der Waals surface area contributed by atoms with Gasteiger partial charge in [0, 0.05) is 25.8 Å². The lowest BCUT2D eigenvalue weighted by molar-refractivity contribution is 0.122. The Morgan fingerprint density at radius 2 is 2.21 bits per heavy atom. The number of aryl methyl sites for hydroxylation is 1. The summed E-state index contributed by atoms with van der Waals surface area (Å²) in [6.45, 7) is 5.57. The highest BCUT2D eigenvalue weighted by atomic mass is 16.5. The van der Waals surface area contributed by atoms with E-state index >= 15 is 0 Å². The molecule has 3 rings (SSSR count). The van der Waals surface area contributed by atoms with Gasteiger partial charge in [0.05, 0.1) is 30.8 Å². The Kier molecular flexibility index (Phi) is 5.27. The average Bonchev–Trinajstić information content (AvgIpc) is 3.11. The molecule has 1 aliphatic rings. The van der Waals surface area contributed by atoms with Gasteiger partial charge >= 0.3 is 6.03 Å². The van der Waals surface area contributed by atoms with E-state index in [0.29, 0.717) is 12.2 Å². The van der Waals surface area contributed by atoms with Gasteiger partial charge in [0.25, 0.3) is 0 Å². The monoisotopic (exact) mass is 330 g/mol. The second-order valence-electron chi connectivity index (χ2n) is 5.64. The van der Waals surface area contributed by atoms with Crippen molar-refractivity contribution in [3.05, 3.63) is 35.8 Å². The van der Waals surface area contributed by atoms with Crippen LogP contribution in [0.1, 0.15) is 11.3 Å². The summed E-state index contributed by atoms with van der Waals surface area (Å²) in [5.74, 6) is 0.918. The molecule has 0 saturated carbocycles. The number of hydrogen-bond acceptors (Lipinski definition) is 5. The van der Waals surface area contributed by atoms with Crippen molar-refractivity contribution in [1.29, 1.82) is 0 Å². The van der Waals surface area contributed by atoms with Gasteiger partial charge in [-0.3, -0.25) is 5.10 Å². The molecule has 8 nitrogen and oxygen atoms in total. The zero-order valence-corrected chi connectivity index (χ0v) is 13.7. The maximum atomic E-state index is 12.0. The van der Waals surface area contributed by atoms with Gasteiger partial charge in [0.15, 0.2) is 0 Å². The lowest BCUT2D eigenvalue weighted by atomic mass is 10.2. The summed E-state index contributed by atoms with van der Waals surface area (Å²) in [6, 6.07) is 3.59. The van der Waals surface area contributed by atoms with Gasteiger partial charge < -0.3 is 20.3 Å². The third-order valence-corrected chi connectivity index (χ3v) is 3.91. The number of rotatable bonds is 5. The Hall–Kier alpha value is -2.61. The Labute approximate surface area is 140 Å². The molecule has 1 saturated heterocycles. The Balaban J connectivity index is 1.51. The van der Waals surface area contributed by atoms with E-state index in [0.717, 1.165) is 49.8 Å². The predicted octanol–water partition coefficient (Wildman–Crippen LogP) is 1.31. The number of amides is 2. The summed E-state index contributed by atoms with van der Waals surface area (Å²) in [7, 11) is 0. The number of aromatic amines is 1. The maximum absolute atomic E-state index is 12.0. The topological polar surface area (TPSA) is 95.2 Å². The fourth-order valence-electron chi connectivity index (χ4n) is 2.55. The number of nitrogens with zero attached hydrogens (tertiary/aromatic N) is 3. The molecule has 2 aromatic heterocycles. The van der Waals surface area contributed by atoms with Gasteiger partial charge in [-0.1, -0.05) is 0 Å². The minimum atomic E-state index is -0.234. The van der Waals surface area contributed by atoms with Gasteiger partial charge in [-0.05, 0) is 31.0 Å². The summed E-state index contributed by atoms with van der Waals surface area (Å²) in [4.78, 5) is 18.8. The number of urea groups is 1. The van der Waals surface area contributed by atoms with Gasteiger partial charge in [-0.2, -0.15) is 5.10 Å². The second-order valence-corrected chi connectivity index (χ2v) is 5.64. The van der Waals surface area contributed by atoms with Crippen LogP contribution in [-0.2, 0) is 11.2 Å². The Morgan fingerprint density at radius 3 is 2.92 bits per heavy atom. The number of H-pyrrole nitrogens is 1. The van der Waals surface area contributed by atoms with Crippen LogP contribution in [0.5, 0.6) is 0 Å². The first-order valence-corrected chi connectivity index (χ1v) is 8.05. The molecule has 0 atom stereocenters. The van der Waals surface area contributed by atoms with Crippen molar-refractivity contribution in [1.82, 2.24) is 20.5 Å². The SMILES string of the molecule is Cc1nc(N2CCOCC2)ccc1NC(=O)NCCc1cn[nH]c1. The molecular weight excluding hydrogens is 308 g/mol. The minimum Gasteiger partial charge on any atom is -0.378 e. The van der Waals surface area contributed by atoms with Crippen molar-refractivity contribution in [2.24, 2.45) is 0 Å². The van der Waals surface area contributed by atoms with Crippen LogP contribution in [0.15, 0.2) is 24.5 Å². The van der Waals surface area contributed by atoms with E-state index in [-0.39, 0.29) is 6.03 Å². The number of ether oxygens (including phenoxy) is 1. The van der Waals surface area contributed by atoms with Crippen LogP contribution in [0.25, 0.3) is 0 Å². The lowest BCUT2D eigenvalue weighted by Crippen LogP contribution is -2.37. The highest BCUT2D eigenvalue weighted by Gasteiger charge is 2.14. The largest absolute Gasteiger partial charge is 0.378 e. The molecule has 0 spiro atoms. The standard InChI is InChI=1S/C16H22N6O2/c1-12-14(2-3-15(20-12)22-6-8-24-9-7-22)21-16(23)17-5-4-13-10-18-19-11-13/h2-3,10-11H,4-9H2,1H3,(H,18,19)(H2,17,21,23). The number of pyridine rings is 1. The van der Waals surface area contributed by atoms with Crippen LogP contribution in [0, 0.1) is 6.92 Å². The molecule has 0 unspecified atom stereocenters. The molecule has 3 heterocycles. The summed E-state index contributed by atoms with van der Waals surface area (Å²) >= 11 is 0. The highest BCUT2D eigenvalue weighted by molar-refractivity contribution is 5.89. The lowest BCUT2D eigenvalue weighted by Gasteiger charge is -2.28. The average molecular weight is 330 g/mol. The van der Waals surface area contributed by atoms with E-state index in [4.69, 9.17) is 4.74 Å². The van der Waals surface area contributed by atoms with Crippen molar-refractivity contribution in [2.75, 3.05) is 43.1 Å². The van der Waals surface area contributed by atoms with E-state index in [1.165, 1.54) is 0 Å². The zero-order valence-electron chi connectivity index (χ0n) is 13.7. The third kappa shape index (κ3) is 4.23. The van der Waals surface area contributed by atoms with Crippen molar-refractivity contribution >= 4 is 17.5 Å². The molecule has 8 heteroatoms. The van der Waals surface area contributed by atoms with Crippen LogP contribution in [0.3, 0.4) is 0 Å². The number of carbonyl (C=O) groups excluding carboxylic acids is 1. The summed E-state index contributed by atoms with van der Waals surface area (Å²) in [5.41, 5.74) is 2.57. The van der Waals surface area contributed by atoms with Crippen molar-refractivity contribution in [3.63, 3.8) is 0 Å². The number of aromatic nitrogens is 3. The Bertz CT molecular complexity index is 667. The van der Waals surface area contributed by atoms with E-state index in [2.05, 4.69) is 30.7 Å². The van der Waals surface area contributed by atoms with Gasteiger partial charge in [0.1, 0.15) is 5.82 Å². The minimum absolute atomic E-state index is 0.234. The molecule has 0 bridgehead atoms. The number of nitrogens with one attached hydrogen (secondary N) is 3. The molecule has 0 aromatic carbocycles. The van der Waals surface area contributed by atoms with E-state index in [1.54, 1.807) is 6.20 Å². The van der Waals surface area contributed by atoms with Crippen LogP contribution in [0.4, 0.5) is 16.3 Å². The molecule has 0 radical (unpaired) electrons. The van der Waals surface area contributed by atoms with Gasteiger partial charge in [0.2, 0.25) is 0 Å². The summed E-state index contributed by atoms with van der Waals surface area (Å²) in [6.07, 6.45) is 4.30. The van der Waals surface area contributed by atoms with Crippen LogP contribution in [-0.4, -0.2) is 54.1 Å². The first kappa shape index (κ1) is 16.3. The van der Waals surface area contributed by atoms with Crippen LogP contribution >= 0.6 is 0 Å². The number of morpholine rings is 1. The van der Waals surface area contributed by atoms with Crippen LogP contribution < -0.4 is 15.5 Å². The van der Waals surface area contributed by atoms with Crippen molar-refractivity contribution in [2.45, 2.75) is 13.3 Å². The number of carbonyl (C=O) groups is 1. The zero-order chi connectivity index (χ0) is 16.8. The molecular formula is C16H22N6O2. The summed E-state index contributed by atoms with van der Waals surface area (Å²) in [5, 5.41) is 12.3. The first-order chi connectivity index (χ1) is 11.7. The molecule has 2 amide bonds. The highest BCUT2D eigenvalue weighted by Crippen LogP contribution is 2.19. The maximum Gasteiger partial charge on any atom is 0.319 e. The van der Waals surface area contributed by atoms with E-state index < -0.39 is 0 Å². The fourth-order valence-corrected chi connectivity index (χ4v) is 2.55. The van der Waals surface area contributed by atoms with Gasteiger partial charge in [-0.15, -0.1) is 0 Å². The smallest absolute Gasteiger partial charge is 0.319 e. The first-order valence-electron chi connectivity index (χ1n) is 8.05. The van der Waals surface area contributed by atoms with E-state index in [9.17, 15) is 4.79 Å². The molecule has 1 aliphatic heterocycles. The van der Waals surface area contributed by atoms with E-state index in [1.807, 2.05) is 25.3 Å². The van der Waals surface area contributed by atoms with Crippen molar-refractivity contribution < 1.29 is 9.53 Å².